The topological polar surface area (TPSA) is 80.7 Å². The van der Waals surface area contributed by atoms with Gasteiger partial charge < -0.3 is 9.84 Å². The third-order valence-corrected chi connectivity index (χ3v) is 10.0. The number of hydrogen-bond acceptors (Lipinski definition) is 6. The van der Waals surface area contributed by atoms with Crippen LogP contribution in [0.3, 0.4) is 0 Å². The Morgan fingerprint density at radius 3 is 2.60 bits per heavy atom. The van der Waals surface area contributed by atoms with Crippen LogP contribution in [-0.2, 0) is 19.1 Å². The van der Waals surface area contributed by atoms with Gasteiger partial charge in [0.1, 0.15) is 11.7 Å². The molecule has 4 aliphatic rings. The number of halogens is 3. The molecule has 0 aliphatic heterocycles. The van der Waals surface area contributed by atoms with E-state index in [2.05, 4.69) is 0 Å². The zero-order chi connectivity index (χ0) is 27.1. The van der Waals surface area contributed by atoms with Gasteiger partial charge in [-0.25, -0.2) is 13.2 Å². The van der Waals surface area contributed by atoms with E-state index in [9.17, 15) is 23.9 Å². The maximum absolute atomic E-state index is 17.3. The lowest BCUT2D eigenvalue weighted by atomic mass is 9.44. The van der Waals surface area contributed by atoms with Crippen molar-refractivity contribution in [1.82, 2.24) is 0 Å². The number of thioether (sulfide) groups is 1. The first kappa shape index (κ1) is 25.1. The standard InChI is InChI=1S/C26H33F3O5S/c1-6-21(32)34-26(22(33)35-14(3)27)13(2)9-16-17-11-19(28)18-10-15(30)7-8-23(18,4)25(17,29)20(31)12-24(16,26)5/h7-8,10,13-14,16-17,19-20,31H,6,9,11-12H2,1-5H3/t13-,14?,16+,17?,19+,20+,23+,24+,25+,26+/m1/s1/i14D. The summed E-state index contributed by atoms with van der Waals surface area (Å²) >= 11 is 0.0879. The van der Waals surface area contributed by atoms with Crippen molar-refractivity contribution in [2.45, 2.75) is 89.3 Å². The van der Waals surface area contributed by atoms with Crippen LogP contribution in [0.1, 0.15) is 61.7 Å². The fraction of sp³-hybridized carbons (Fsp3) is 0.731. The normalized spacial score (nSPS) is 48.6. The number of aliphatic hydroxyl groups is 1. The van der Waals surface area contributed by atoms with Crippen LogP contribution in [0.4, 0.5) is 13.2 Å². The van der Waals surface area contributed by atoms with E-state index in [1.54, 1.807) is 20.8 Å². The van der Waals surface area contributed by atoms with Crippen molar-refractivity contribution in [1.29, 1.82) is 0 Å². The van der Waals surface area contributed by atoms with Crippen LogP contribution in [0.2, 0.25) is 0 Å². The second-order valence-corrected chi connectivity index (χ2v) is 12.1. The van der Waals surface area contributed by atoms with Crippen molar-refractivity contribution in [3.05, 3.63) is 23.8 Å². The van der Waals surface area contributed by atoms with Crippen molar-refractivity contribution in [2.24, 2.45) is 28.6 Å². The van der Waals surface area contributed by atoms with Crippen LogP contribution in [-0.4, -0.2) is 51.0 Å². The summed E-state index contributed by atoms with van der Waals surface area (Å²) in [4.78, 5) is 38.2. The van der Waals surface area contributed by atoms with Gasteiger partial charge in [0.15, 0.2) is 17.1 Å². The van der Waals surface area contributed by atoms with Gasteiger partial charge in [0.2, 0.25) is 5.12 Å². The Bertz CT molecular complexity index is 1060. The third-order valence-electron chi connectivity index (χ3n) is 9.27. The number of alkyl halides is 3. The van der Waals surface area contributed by atoms with E-state index in [0.717, 1.165) is 13.0 Å². The zero-order valence-electron chi connectivity index (χ0n) is 21.6. The molecule has 0 amide bonds. The van der Waals surface area contributed by atoms with E-state index in [-0.39, 0.29) is 43.0 Å². The Kier molecular flexibility index (Phi) is 6.06. The summed E-state index contributed by atoms with van der Waals surface area (Å²) in [5.41, 5.74) is -9.95. The van der Waals surface area contributed by atoms with Crippen LogP contribution in [0.15, 0.2) is 23.8 Å². The number of ether oxygens (including phenoxy) is 1. The molecule has 0 aromatic carbocycles. The Hall–Kier alpha value is -1.61. The van der Waals surface area contributed by atoms with Gasteiger partial charge in [-0.2, -0.15) is 0 Å². The molecule has 0 bridgehead atoms. The lowest BCUT2D eigenvalue weighted by Gasteiger charge is -2.63. The van der Waals surface area contributed by atoms with E-state index in [4.69, 9.17) is 6.11 Å². The number of esters is 1. The van der Waals surface area contributed by atoms with Crippen LogP contribution < -0.4 is 0 Å². The molecule has 0 aromatic heterocycles. The summed E-state index contributed by atoms with van der Waals surface area (Å²) in [6.07, 6.45) is -0.255. The van der Waals surface area contributed by atoms with Crippen LogP contribution in [0, 0.1) is 28.6 Å². The molecular formula is C26H33F3O5S. The highest BCUT2D eigenvalue weighted by molar-refractivity contribution is 8.14. The molecule has 0 radical (unpaired) electrons. The van der Waals surface area contributed by atoms with Gasteiger partial charge in [-0.15, -0.1) is 0 Å². The number of carbonyl (C=O) groups excluding carboxylic acids is 3. The third kappa shape index (κ3) is 3.36. The second-order valence-electron chi connectivity index (χ2n) is 10.9. The fourth-order valence-electron chi connectivity index (χ4n) is 7.67. The SMILES string of the molecule is [2H]C(C)(F)SC(=O)[C@@]1(OC(=O)CC)[C@H](C)C[C@H]2C3C[C@H](F)C4=CC(=O)C=C[C@]4(C)[C@@]3(F)[C@@H](O)C[C@@]21C. The van der Waals surface area contributed by atoms with Crippen molar-refractivity contribution >= 4 is 28.6 Å². The predicted octanol–water partition coefficient (Wildman–Crippen LogP) is 4.82. The molecule has 35 heavy (non-hydrogen) atoms. The lowest BCUT2D eigenvalue weighted by Crippen LogP contribution is -2.70. The summed E-state index contributed by atoms with van der Waals surface area (Å²) in [6, 6.07) is 0. The molecular weight excluding hydrogens is 481 g/mol. The number of carbonyl (C=O) groups is 3. The zero-order valence-corrected chi connectivity index (χ0v) is 21.4. The Morgan fingerprint density at radius 2 is 2.00 bits per heavy atom. The molecule has 194 valence electrons. The summed E-state index contributed by atoms with van der Waals surface area (Å²) in [6.45, 7) is 7.18. The van der Waals surface area contributed by atoms with Crippen molar-refractivity contribution in [2.75, 3.05) is 0 Å². The van der Waals surface area contributed by atoms with Gasteiger partial charge in [0.05, 0.1) is 7.47 Å². The van der Waals surface area contributed by atoms with Gasteiger partial charge >= 0.3 is 5.97 Å². The molecule has 2 unspecified atom stereocenters. The van der Waals surface area contributed by atoms with E-state index in [1.807, 2.05) is 0 Å². The Balaban J connectivity index is 1.88. The Labute approximate surface area is 209 Å². The summed E-state index contributed by atoms with van der Waals surface area (Å²) in [5.74, 6) is -3.64. The molecule has 5 nitrogen and oxygen atoms in total. The summed E-state index contributed by atoms with van der Waals surface area (Å²) in [5, 5.41) is 10.6. The highest BCUT2D eigenvalue weighted by Crippen LogP contribution is 2.72. The lowest BCUT2D eigenvalue weighted by molar-refractivity contribution is -0.228. The molecule has 0 spiro atoms. The number of fused-ring (bicyclic) bond motifs is 5. The highest BCUT2D eigenvalue weighted by Gasteiger charge is 2.78. The molecule has 9 heteroatoms. The number of allylic oxidation sites excluding steroid dienone is 4. The molecule has 0 aromatic rings. The first-order chi connectivity index (χ1) is 16.5. The van der Waals surface area contributed by atoms with Gasteiger partial charge in [0, 0.05) is 29.1 Å². The Morgan fingerprint density at radius 1 is 1.34 bits per heavy atom. The molecule has 4 rings (SSSR count). The maximum atomic E-state index is 17.3. The second kappa shape index (κ2) is 8.47. The molecule has 1 N–H and O–H groups in total. The minimum atomic E-state index is -2.71. The monoisotopic (exact) mass is 515 g/mol. The van der Waals surface area contributed by atoms with E-state index < -0.39 is 74.5 Å². The van der Waals surface area contributed by atoms with E-state index >= 15 is 8.78 Å². The highest BCUT2D eigenvalue weighted by atomic mass is 32.2. The van der Waals surface area contributed by atoms with Crippen LogP contribution >= 0.6 is 11.8 Å². The van der Waals surface area contributed by atoms with Gasteiger partial charge in [-0.05, 0) is 68.5 Å². The quantitative estimate of drug-likeness (QED) is 0.541. The minimum absolute atomic E-state index is 0.0137. The van der Waals surface area contributed by atoms with E-state index in [1.165, 1.54) is 19.1 Å². The molecule has 10 atom stereocenters. The van der Waals surface area contributed by atoms with Crippen LogP contribution in [0.25, 0.3) is 0 Å². The minimum Gasteiger partial charge on any atom is -0.449 e. The molecule has 0 heterocycles. The first-order valence-electron chi connectivity index (χ1n) is 12.6. The average Bonchev–Trinajstić information content (AvgIpc) is 2.98. The largest absolute Gasteiger partial charge is 0.449 e. The van der Waals surface area contributed by atoms with Gasteiger partial charge in [-0.1, -0.05) is 26.8 Å². The van der Waals surface area contributed by atoms with E-state index in [0.29, 0.717) is 0 Å². The number of hydrogen-bond donors (Lipinski definition) is 1. The number of aliphatic hydroxyl groups excluding tert-OH is 1. The number of rotatable bonds is 4. The maximum Gasteiger partial charge on any atom is 0.306 e. The van der Waals surface area contributed by atoms with Crippen LogP contribution in [0.5, 0.6) is 0 Å². The average molecular weight is 516 g/mol. The van der Waals surface area contributed by atoms with Gasteiger partial charge in [-0.3, -0.25) is 14.4 Å². The van der Waals surface area contributed by atoms with Crippen molar-refractivity contribution in [3.63, 3.8) is 0 Å². The van der Waals surface area contributed by atoms with Gasteiger partial charge in [0.25, 0.3) is 0 Å². The smallest absolute Gasteiger partial charge is 0.306 e. The molecule has 3 fully saturated rings. The van der Waals surface area contributed by atoms with Crippen molar-refractivity contribution in [3.8, 4) is 0 Å². The summed E-state index contributed by atoms with van der Waals surface area (Å²) < 4.78 is 60.7. The first-order valence-corrected chi connectivity index (χ1v) is 12.9. The summed E-state index contributed by atoms with van der Waals surface area (Å²) in [7, 11) is 0. The molecule has 4 aliphatic carbocycles. The molecule has 3 saturated carbocycles. The van der Waals surface area contributed by atoms with Crippen molar-refractivity contribution < 1.29 is 38.8 Å². The predicted molar refractivity (Wildman–Crippen MR) is 125 cm³/mol. The fourth-order valence-corrected chi connectivity index (χ4v) is 8.56. The number of ketones is 1. The molecule has 0 saturated heterocycles.